The van der Waals surface area contributed by atoms with E-state index in [1.54, 1.807) is 0 Å². The molecule has 0 bridgehead atoms. The zero-order valence-corrected chi connectivity index (χ0v) is 13.4. The van der Waals surface area contributed by atoms with E-state index in [0.29, 0.717) is 5.92 Å². The number of hydrogen-bond donors (Lipinski definition) is 2. The molecule has 2 N–H and O–H groups in total. The van der Waals surface area contributed by atoms with Crippen molar-refractivity contribution in [1.82, 2.24) is 5.32 Å². The molecule has 0 saturated heterocycles. The molecule has 2 atom stereocenters. The Hall–Kier alpha value is -1.51. The minimum Gasteiger partial charge on any atom is -0.374 e. The number of amides is 1. The molecule has 0 saturated carbocycles. The fourth-order valence-electron chi connectivity index (χ4n) is 2.30. The van der Waals surface area contributed by atoms with Crippen molar-refractivity contribution in [3.63, 3.8) is 0 Å². The summed E-state index contributed by atoms with van der Waals surface area (Å²) in [7, 11) is 0. The van der Waals surface area contributed by atoms with E-state index in [1.165, 1.54) is 5.56 Å². The first-order chi connectivity index (χ1) is 9.45. The van der Waals surface area contributed by atoms with Crippen molar-refractivity contribution < 1.29 is 4.79 Å². The van der Waals surface area contributed by atoms with Crippen LogP contribution in [0.15, 0.2) is 24.3 Å². The topological polar surface area (TPSA) is 41.1 Å². The van der Waals surface area contributed by atoms with E-state index in [-0.39, 0.29) is 18.0 Å². The van der Waals surface area contributed by atoms with Gasteiger partial charge in [0.15, 0.2) is 0 Å². The molecule has 0 aromatic heterocycles. The molecule has 1 amide bonds. The zero-order chi connectivity index (χ0) is 15.1. The highest BCUT2D eigenvalue weighted by Crippen LogP contribution is 2.24. The van der Waals surface area contributed by atoms with Crippen LogP contribution in [0.1, 0.15) is 58.9 Å². The SMILES string of the molecule is CCCC(C)NC(=O)C(C)Nc1ccccc1C(C)C. The molecule has 3 heteroatoms. The van der Waals surface area contributed by atoms with Crippen molar-refractivity contribution in [3.05, 3.63) is 29.8 Å². The number of anilines is 1. The summed E-state index contributed by atoms with van der Waals surface area (Å²) in [6.45, 7) is 10.4. The summed E-state index contributed by atoms with van der Waals surface area (Å²) in [5.41, 5.74) is 2.29. The first-order valence-electron chi connectivity index (χ1n) is 7.61. The number of nitrogens with one attached hydrogen (secondary N) is 2. The highest BCUT2D eigenvalue weighted by molar-refractivity contribution is 5.84. The van der Waals surface area contributed by atoms with Crippen molar-refractivity contribution in [2.75, 3.05) is 5.32 Å². The second-order valence-corrected chi connectivity index (χ2v) is 5.81. The Morgan fingerprint density at radius 2 is 1.80 bits per heavy atom. The molecule has 112 valence electrons. The van der Waals surface area contributed by atoms with Gasteiger partial charge in [0, 0.05) is 11.7 Å². The van der Waals surface area contributed by atoms with Gasteiger partial charge in [0.05, 0.1) is 0 Å². The van der Waals surface area contributed by atoms with Crippen molar-refractivity contribution in [1.29, 1.82) is 0 Å². The summed E-state index contributed by atoms with van der Waals surface area (Å²) in [5.74, 6) is 0.498. The van der Waals surface area contributed by atoms with E-state index in [0.717, 1.165) is 18.5 Å². The summed E-state index contributed by atoms with van der Waals surface area (Å²) < 4.78 is 0. The van der Waals surface area contributed by atoms with Crippen LogP contribution >= 0.6 is 0 Å². The van der Waals surface area contributed by atoms with Crippen LogP contribution in [0.2, 0.25) is 0 Å². The fourth-order valence-corrected chi connectivity index (χ4v) is 2.30. The molecule has 0 aliphatic heterocycles. The molecule has 3 nitrogen and oxygen atoms in total. The van der Waals surface area contributed by atoms with Crippen LogP contribution in [0.5, 0.6) is 0 Å². The van der Waals surface area contributed by atoms with Gasteiger partial charge in [-0.25, -0.2) is 0 Å². The molecule has 0 aliphatic carbocycles. The van der Waals surface area contributed by atoms with Crippen LogP contribution in [0.4, 0.5) is 5.69 Å². The zero-order valence-electron chi connectivity index (χ0n) is 13.4. The molecule has 2 unspecified atom stereocenters. The van der Waals surface area contributed by atoms with Crippen LogP contribution in [0.3, 0.4) is 0 Å². The molecular weight excluding hydrogens is 248 g/mol. The molecule has 1 aromatic carbocycles. The molecule has 20 heavy (non-hydrogen) atoms. The Morgan fingerprint density at radius 3 is 2.40 bits per heavy atom. The molecule has 0 heterocycles. The molecule has 0 aliphatic rings. The lowest BCUT2D eigenvalue weighted by molar-refractivity contribution is -0.122. The number of benzene rings is 1. The first-order valence-corrected chi connectivity index (χ1v) is 7.61. The van der Waals surface area contributed by atoms with E-state index in [9.17, 15) is 4.79 Å². The maximum Gasteiger partial charge on any atom is 0.242 e. The normalized spacial score (nSPS) is 13.9. The molecular formula is C17H28N2O. The van der Waals surface area contributed by atoms with Crippen molar-refractivity contribution in [3.8, 4) is 0 Å². The monoisotopic (exact) mass is 276 g/mol. The lowest BCUT2D eigenvalue weighted by Gasteiger charge is -2.21. The first kappa shape index (κ1) is 16.5. The quantitative estimate of drug-likeness (QED) is 0.792. The Morgan fingerprint density at radius 1 is 1.15 bits per heavy atom. The molecule has 1 rings (SSSR count). The smallest absolute Gasteiger partial charge is 0.242 e. The lowest BCUT2D eigenvalue weighted by Crippen LogP contribution is -2.42. The van der Waals surface area contributed by atoms with Crippen molar-refractivity contribution >= 4 is 11.6 Å². The summed E-state index contributed by atoms with van der Waals surface area (Å²) >= 11 is 0. The van der Waals surface area contributed by atoms with Crippen LogP contribution in [-0.4, -0.2) is 18.0 Å². The van der Waals surface area contributed by atoms with Gasteiger partial charge in [-0.15, -0.1) is 0 Å². The van der Waals surface area contributed by atoms with E-state index >= 15 is 0 Å². The summed E-state index contributed by atoms with van der Waals surface area (Å²) in [4.78, 5) is 12.1. The highest BCUT2D eigenvalue weighted by atomic mass is 16.2. The van der Waals surface area contributed by atoms with Crippen LogP contribution in [0, 0.1) is 0 Å². The number of para-hydroxylation sites is 1. The minimum absolute atomic E-state index is 0.0597. The minimum atomic E-state index is -0.228. The van der Waals surface area contributed by atoms with E-state index in [1.807, 2.05) is 25.1 Å². The van der Waals surface area contributed by atoms with Gasteiger partial charge in [-0.2, -0.15) is 0 Å². The van der Waals surface area contributed by atoms with E-state index in [4.69, 9.17) is 0 Å². The third-order valence-corrected chi connectivity index (χ3v) is 3.46. The number of rotatable bonds is 7. The Kier molecular flexibility index (Phi) is 6.56. The average molecular weight is 276 g/mol. The standard InChI is InChI=1S/C17H28N2O/c1-6-9-13(4)18-17(20)14(5)19-16-11-8-7-10-15(16)12(2)3/h7-8,10-14,19H,6,9H2,1-5H3,(H,18,20). The molecule has 0 spiro atoms. The number of carbonyl (C=O) groups is 1. The number of hydrogen-bond acceptors (Lipinski definition) is 2. The van der Waals surface area contributed by atoms with Crippen LogP contribution in [-0.2, 0) is 4.79 Å². The van der Waals surface area contributed by atoms with Gasteiger partial charge in [0.1, 0.15) is 6.04 Å². The van der Waals surface area contributed by atoms with Gasteiger partial charge in [-0.3, -0.25) is 4.79 Å². The summed E-state index contributed by atoms with van der Waals surface area (Å²) in [5, 5.41) is 6.38. The van der Waals surface area contributed by atoms with Gasteiger partial charge in [-0.1, -0.05) is 45.4 Å². The summed E-state index contributed by atoms with van der Waals surface area (Å²) in [6.07, 6.45) is 2.10. The maximum absolute atomic E-state index is 12.1. The molecule has 1 aromatic rings. The average Bonchev–Trinajstić information content (AvgIpc) is 2.39. The largest absolute Gasteiger partial charge is 0.374 e. The lowest BCUT2D eigenvalue weighted by atomic mass is 10.0. The third-order valence-electron chi connectivity index (χ3n) is 3.46. The predicted octanol–water partition coefficient (Wildman–Crippen LogP) is 3.92. The molecule has 0 radical (unpaired) electrons. The summed E-state index contributed by atoms with van der Waals surface area (Å²) in [6, 6.07) is 8.19. The third kappa shape index (κ3) is 4.87. The van der Waals surface area contributed by atoms with Crippen LogP contribution in [0.25, 0.3) is 0 Å². The van der Waals surface area contributed by atoms with Gasteiger partial charge in [0.25, 0.3) is 0 Å². The Labute approximate surface area is 123 Å². The van der Waals surface area contributed by atoms with Gasteiger partial charge in [-0.05, 0) is 37.8 Å². The Bertz CT molecular complexity index is 429. The fraction of sp³-hybridized carbons (Fsp3) is 0.588. The molecule has 0 fully saturated rings. The predicted molar refractivity (Wildman–Crippen MR) is 86.1 cm³/mol. The van der Waals surface area contributed by atoms with Gasteiger partial charge < -0.3 is 10.6 Å². The van der Waals surface area contributed by atoms with Crippen molar-refractivity contribution in [2.24, 2.45) is 0 Å². The number of carbonyl (C=O) groups excluding carboxylic acids is 1. The van der Waals surface area contributed by atoms with E-state index < -0.39 is 0 Å². The van der Waals surface area contributed by atoms with E-state index in [2.05, 4.69) is 44.4 Å². The highest BCUT2D eigenvalue weighted by Gasteiger charge is 2.16. The maximum atomic E-state index is 12.1. The van der Waals surface area contributed by atoms with Gasteiger partial charge >= 0.3 is 0 Å². The van der Waals surface area contributed by atoms with Gasteiger partial charge in [0.2, 0.25) is 5.91 Å². The Balaban J connectivity index is 2.66. The van der Waals surface area contributed by atoms with Crippen molar-refractivity contribution in [2.45, 2.75) is 65.5 Å². The van der Waals surface area contributed by atoms with Crippen LogP contribution < -0.4 is 10.6 Å². The second kappa shape index (κ2) is 7.93. The second-order valence-electron chi connectivity index (χ2n) is 5.81.